The number of hydrogen-bond donors (Lipinski definition) is 2. The van der Waals surface area contributed by atoms with Gasteiger partial charge in [-0.1, -0.05) is 55.1 Å². The molecule has 0 bridgehead atoms. The van der Waals surface area contributed by atoms with Gasteiger partial charge in [-0.15, -0.1) is 0 Å². The Morgan fingerprint density at radius 1 is 0.900 bits per heavy atom. The number of para-hydroxylation sites is 1. The van der Waals surface area contributed by atoms with Crippen molar-refractivity contribution in [3.63, 3.8) is 0 Å². The van der Waals surface area contributed by atoms with Crippen LogP contribution < -0.4 is 15.4 Å². The van der Waals surface area contributed by atoms with Crippen LogP contribution in [0.4, 0.5) is 5.69 Å². The van der Waals surface area contributed by atoms with Crippen molar-refractivity contribution in [2.75, 3.05) is 11.9 Å². The molecule has 0 saturated heterocycles. The number of rotatable bonds is 8. The van der Waals surface area contributed by atoms with Gasteiger partial charge in [0.1, 0.15) is 12.4 Å². The van der Waals surface area contributed by atoms with Gasteiger partial charge < -0.3 is 15.4 Å². The van der Waals surface area contributed by atoms with Crippen LogP contribution in [0.25, 0.3) is 0 Å². The van der Waals surface area contributed by atoms with Crippen molar-refractivity contribution in [2.45, 2.75) is 13.5 Å². The lowest BCUT2D eigenvalue weighted by molar-refractivity contribution is 0.0952. The summed E-state index contributed by atoms with van der Waals surface area (Å²) in [6, 6.07) is 23.5. The van der Waals surface area contributed by atoms with E-state index in [0.717, 1.165) is 11.1 Å². The van der Waals surface area contributed by atoms with E-state index in [0.29, 0.717) is 35.7 Å². The highest BCUT2D eigenvalue weighted by molar-refractivity contribution is 6.09. The largest absolute Gasteiger partial charge is 0.489 e. The van der Waals surface area contributed by atoms with Gasteiger partial charge >= 0.3 is 0 Å². The number of carbonyl (C=O) groups excluding carboxylic acids is 2. The van der Waals surface area contributed by atoms with Crippen molar-refractivity contribution in [3.8, 4) is 5.75 Å². The van der Waals surface area contributed by atoms with Crippen LogP contribution in [0.15, 0.2) is 91.0 Å². The molecule has 0 aliphatic rings. The van der Waals surface area contributed by atoms with Crippen molar-refractivity contribution in [3.05, 3.63) is 108 Å². The number of amides is 2. The molecular weight excluding hydrogens is 376 g/mol. The third-order valence-corrected chi connectivity index (χ3v) is 4.30. The molecule has 30 heavy (non-hydrogen) atoms. The number of ether oxygens (including phenoxy) is 1. The third kappa shape index (κ3) is 5.82. The van der Waals surface area contributed by atoms with Crippen LogP contribution >= 0.6 is 0 Å². The lowest BCUT2D eigenvalue weighted by Crippen LogP contribution is -2.24. The second-order valence-electron chi connectivity index (χ2n) is 6.94. The van der Waals surface area contributed by atoms with Crippen molar-refractivity contribution in [1.29, 1.82) is 0 Å². The van der Waals surface area contributed by atoms with E-state index >= 15 is 0 Å². The van der Waals surface area contributed by atoms with Gasteiger partial charge in [0.2, 0.25) is 0 Å². The molecule has 0 unspecified atom stereocenters. The first-order valence-electron chi connectivity index (χ1n) is 9.62. The zero-order valence-corrected chi connectivity index (χ0v) is 16.9. The SMILES string of the molecule is C=C(C)COc1cccc(C(=O)Nc2ccccc2C(=O)NCc2ccccc2)c1. The minimum Gasteiger partial charge on any atom is -0.489 e. The van der Waals surface area contributed by atoms with Crippen molar-refractivity contribution in [1.82, 2.24) is 5.32 Å². The minimum atomic E-state index is -0.320. The van der Waals surface area contributed by atoms with Gasteiger partial charge in [-0.3, -0.25) is 9.59 Å². The fraction of sp³-hybridized carbons (Fsp3) is 0.120. The van der Waals surface area contributed by atoms with Gasteiger partial charge in [0, 0.05) is 12.1 Å². The van der Waals surface area contributed by atoms with Crippen LogP contribution in [-0.4, -0.2) is 18.4 Å². The molecule has 0 fully saturated rings. The van der Waals surface area contributed by atoms with E-state index in [4.69, 9.17) is 4.74 Å². The fourth-order valence-corrected chi connectivity index (χ4v) is 2.79. The second kappa shape index (κ2) is 10.1. The van der Waals surface area contributed by atoms with E-state index in [2.05, 4.69) is 17.2 Å². The quantitative estimate of drug-likeness (QED) is 0.533. The first-order chi connectivity index (χ1) is 14.5. The van der Waals surface area contributed by atoms with Gasteiger partial charge in [0.15, 0.2) is 0 Å². The van der Waals surface area contributed by atoms with Crippen LogP contribution in [0.1, 0.15) is 33.2 Å². The average Bonchev–Trinajstić information content (AvgIpc) is 2.77. The molecule has 0 aliphatic carbocycles. The molecule has 0 atom stereocenters. The maximum absolute atomic E-state index is 12.7. The molecule has 0 heterocycles. The maximum Gasteiger partial charge on any atom is 0.255 e. The van der Waals surface area contributed by atoms with Gasteiger partial charge in [0.25, 0.3) is 11.8 Å². The summed E-state index contributed by atoms with van der Waals surface area (Å²) in [5.74, 6) is 0.00641. The Labute approximate surface area is 176 Å². The number of nitrogens with one attached hydrogen (secondary N) is 2. The number of carbonyl (C=O) groups is 2. The summed E-state index contributed by atoms with van der Waals surface area (Å²) in [5, 5.41) is 5.71. The molecule has 0 aliphatic heterocycles. The summed E-state index contributed by atoms with van der Waals surface area (Å²) in [6.07, 6.45) is 0. The number of hydrogen-bond acceptors (Lipinski definition) is 3. The third-order valence-electron chi connectivity index (χ3n) is 4.30. The van der Waals surface area contributed by atoms with Crippen LogP contribution in [0.3, 0.4) is 0 Å². The molecule has 0 aromatic heterocycles. The molecule has 3 aromatic rings. The molecule has 2 amide bonds. The molecule has 0 radical (unpaired) electrons. The summed E-state index contributed by atoms with van der Waals surface area (Å²) in [4.78, 5) is 25.4. The predicted octanol–water partition coefficient (Wildman–Crippen LogP) is 4.82. The second-order valence-corrected chi connectivity index (χ2v) is 6.94. The fourth-order valence-electron chi connectivity index (χ4n) is 2.79. The topological polar surface area (TPSA) is 67.4 Å². The van der Waals surface area contributed by atoms with Crippen molar-refractivity contribution >= 4 is 17.5 Å². The minimum absolute atomic E-state index is 0.256. The molecular formula is C25H24N2O3. The number of anilines is 1. The molecule has 5 nitrogen and oxygen atoms in total. The molecule has 2 N–H and O–H groups in total. The summed E-state index contributed by atoms with van der Waals surface area (Å²) in [7, 11) is 0. The summed E-state index contributed by atoms with van der Waals surface area (Å²) in [5.41, 5.74) is 3.17. The molecule has 0 saturated carbocycles. The maximum atomic E-state index is 12.7. The van der Waals surface area contributed by atoms with Crippen molar-refractivity contribution in [2.24, 2.45) is 0 Å². The van der Waals surface area contributed by atoms with Gasteiger partial charge in [-0.2, -0.15) is 0 Å². The monoisotopic (exact) mass is 400 g/mol. The van der Waals surface area contributed by atoms with Crippen LogP contribution in [-0.2, 0) is 6.54 Å². The summed E-state index contributed by atoms with van der Waals surface area (Å²) < 4.78 is 5.60. The van der Waals surface area contributed by atoms with E-state index in [1.54, 1.807) is 48.5 Å². The molecule has 152 valence electrons. The first kappa shape index (κ1) is 20.9. The Hall–Kier alpha value is -3.86. The zero-order chi connectivity index (χ0) is 21.3. The Balaban J connectivity index is 1.69. The smallest absolute Gasteiger partial charge is 0.255 e. The van der Waals surface area contributed by atoms with E-state index in [9.17, 15) is 9.59 Å². The molecule has 5 heteroatoms. The van der Waals surface area contributed by atoms with Gasteiger partial charge in [0.05, 0.1) is 11.3 Å². The average molecular weight is 400 g/mol. The lowest BCUT2D eigenvalue weighted by Gasteiger charge is -2.12. The highest BCUT2D eigenvalue weighted by Crippen LogP contribution is 2.19. The van der Waals surface area contributed by atoms with Crippen LogP contribution in [0, 0.1) is 0 Å². The van der Waals surface area contributed by atoms with Gasteiger partial charge in [-0.25, -0.2) is 0 Å². The Morgan fingerprint density at radius 2 is 1.63 bits per heavy atom. The Bertz CT molecular complexity index is 1050. The summed E-state index contributed by atoms with van der Waals surface area (Å²) in [6.45, 7) is 6.46. The van der Waals surface area contributed by atoms with E-state index in [1.807, 2.05) is 37.3 Å². The lowest BCUT2D eigenvalue weighted by atomic mass is 10.1. The zero-order valence-electron chi connectivity index (χ0n) is 16.9. The standard InChI is InChI=1S/C25H24N2O3/c1-18(2)17-30-21-12-8-11-20(15-21)24(28)27-23-14-7-6-13-22(23)25(29)26-16-19-9-4-3-5-10-19/h3-15H,1,16-17H2,2H3,(H,26,29)(H,27,28). The first-order valence-corrected chi connectivity index (χ1v) is 9.62. The highest BCUT2D eigenvalue weighted by atomic mass is 16.5. The Kier molecular flexibility index (Phi) is 7.00. The van der Waals surface area contributed by atoms with E-state index in [-0.39, 0.29) is 11.8 Å². The molecule has 0 spiro atoms. The summed E-state index contributed by atoms with van der Waals surface area (Å²) >= 11 is 0. The molecule has 3 aromatic carbocycles. The van der Waals surface area contributed by atoms with E-state index < -0.39 is 0 Å². The normalized spacial score (nSPS) is 10.2. The predicted molar refractivity (Wildman–Crippen MR) is 119 cm³/mol. The number of benzene rings is 3. The highest BCUT2D eigenvalue weighted by Gasteiger charge is 2.14. The Morgan fingerprint density at radius 3 is 2.40 bits per heavy atom. The molecule has 3 rings (SSSR count). The van der Waals surface area contributed by atoms with E-state index in [1.165, 1.54) is 0 Å². The van der Waals surface area contributed by atoms with Crippen molar-refractivity contribution < 1.29 is 14.3 Å². The van der Waals surface area contributed by atoms with Crippen LogP contribution in [0.5, 0.6) is 5.75 Å². The van der Waals surface area contributed by atoms with Gasteiger partial charge in [-0.05, 0) is 48.4 Å². The van der Waals surface area contributed by atoms with Crippen LogP contribution in [0.2, 0.25) is 0 Å².